The topological polar surface area (TPSA) is 70.1 Å². The highest BCUT2D eigenvalue weighted by Gasteiger charge is 2.09. The minimum absolute atomic E-state index is 0. The van der Waals surface area contributed by atoms with E-state index in [1.54, 1.807) is 12.1 Å². The number of benzene rings is 1. The predicted octanol–water partition coefficient (Wildman–Crippen LogP) is 3.53. The third kappa shape index (κ3) is 4.24. The quantitative estimate of drug-likeness (QED) is 0.652. The average molecular weight is 324 g/mol. The molecular weight excluding hydrogens is 302 g/mol. The van der Waals surface area contributed by atoms with Crippen LogP contribution in [0.1, 0.15) is 36.5 Å². The molecule has 120 valence electrons. The maximum atomic E-state index is 11.4. The number of hydrogen-bond donors (Lipinski definition) is 1. The van der Waals surface area contributed by atoms with Crippen LogP contribution in [0.5, 0.6) is 0 Å². The lowest BCUT2D eigenvalue weighted by molar-refractivity contribution is 0.0601. The summed E-state index contributed by atoms with van der Waals surface area (Å²) in [7, 11) is 1.37. The monoisotopic (exact) mass is 323 g/mol. The molecule has 6 heteroatoms. The van der Waals surface area contributed by atoms with Gasteiger partial charge in [0.15, 0.2) is 0 Å². The molecule has 0 aliphatic rings. The first-order valence-corrected chi connectivity index (χ1v) is 7.17. The molecule has 0 amide bonds. The molecule has 0 spiro atoms. The molecule has 0 fully saturated rings. The lowest BCUT2D eigenvalue weighted by Gasteiger charge is -2.02. The van der Waals surface area contributed by atoms with Crippen LogP contribution in [0.2, 0.25) is 0 Å². The van der Waals surface area contributed by atoms with Gasteiger partial charge < -0.3 is 15.0 Å². The van der Waals surface area contributed by atoms with E-state index in [9.17, 15) is 4.79 Å². The van der Waals surface area contributed by atoms with Gasteiger partial charge in [0.2, 0.25) is 5.95 Å². The summed E-state index contributed by atoms with van der Waals surface area (Å²) in [5, 5.41) is 0. The van der Waals surface area contributed by atoms with Gasteiger partial charge in [-0.15, -0.1) is 12.4 Å². The number of anilines is 1. The third-order valence-electron chi connectivity index (χ3n) is 3.41. The van der Waals surface area contributed by atoms with E-state index in [4.69, 9.17) is 5.73 Å². The number of esters is 1. The number of hydrogen-bond acceptors (Lipinski definition) is 4. The van der Waals surface area contributed by atoms with Crippen molar-refractivity contribution in [2.75, 3.05) is 12.8 Å². The number of nitrogens with two attached hydrogens (primary N) is 1. The number of ether oxygens (including phenoxy) is 1. The van der Waals surface area contributed by atoms with E-state index in [-0.39, 0.29) is 18.4 Å². The van der Waals surface area contributed by atoms with Gasteiger partial charge in [0.25, 0.3) is 0 Å². The number of aromatic nitrogens is 2. The molecule has 0 saturated carbocycles. The molecule has 0 aliphatic carbocycles. The van der Waals surface area contributed by atoms with Gasteiger partial charge in [-0.1, -0.05) is 31.9 Å². The summed E-state index contributed by atoms with van der Waals surface area (Å²) < 4.78 is 6.65. The highest BCUT2D eigenvalue weighted by molar-refractivity contribution is 5.89. The van der Waals surface area contributed by atoms with Gasteiger partial charge in [-0.2, -0.15) is 0 Å². The second-order valence-electron chi connectivity index (χ2n) is 4.95. The van der Waals surface area contributed by atoms with Crippen molar-refractivity contribution in [2.24, 2.45) is 0 Å². The Morgan fingerprint density at radius 3 is 2.55 bits per heavy atom. The Kier molecular flexibility index (Phi) is 6.92. The normalized spacial score (nSPS) is 10.1. The minimum Gasteiger partial charge on any atom is -0.465 e. The van der Waals surface area contributed by atoms with E-state index in [1.807, 2.05) is 22.9 Å². The highest BCUT2D eigenvalue weighted by atomic mass is 35.5. The predicted molar refractivity (Wildman–Crippen MR) is 90.2 cm³/mol. The van der Waals surface area contributed by atoms with E-state index in [2.05, 4.69) is 16.6 Å². The smallest absolute Gasteiger partial charge is 0.337 e. The number of carbonyl (C=O) groups is 1. The maximum absolute atomic E-state index is 11.4. The summed E-state index contributed by atoms with van der Waals surface area (Å²) in [6.45, 7) is 3.05. The van der Waals surface area contributed by atoms with E-state index < -0.39 is 0 Å². The van der Waals surface area contributed by atoms with Crippen molar-refractivity contribution in [1.82, 2.24) is 9.55 Å². The first-order valence-electron chi connectivity index (χ1n) is 7.17. The summed E-state index contributed by atoms with van der Waals surface area (Å²) in [5.74, 6) is 0.185. The number of rotatable bonds is 6. The van der Waals surface area contributed by atoms with Crippen molar-refractivity contribution in [3.05, 3.63) is 36.0 Å². The first-order chi connectivity index (χ1) is 10.2. The number of methoxy groups -OCH3 is 1. The molecule has 0 radical (unpaired) electrons. The van der Waals surface area contributed by atoms with Crippen LogP contribution in [0.25, 0.3) is 11.3 Å². The molecule has 0 bridgehead atoms. The summed E-state index contributed by atoms with van der Waals surface area (Å²) >= 11 is 0. The minimum atomic E-state index is -0.342. The van der Waals surface area contributed by atoms with Gasteiger partial charge in [0.1, 0.15) is 0 Å². The van der Waals surface area contributed by atoms with Gasteiger partial charge in [-0.05, 0) is 18.6 Å². The number of nitrogen functional groups attached to an aromatic ring is 1. The van der Waals surface area contributed by atoms with Crippen LogP contribution in [0.15, 0.2) is 30.5 Å². The van der Waals surface area contributed by atoms with Gasteiger partial charge >= 0.3 is 5.97 Å². The molecular formula is C16H22ClN3O2. The Hall–Kier alpha value is -2.01. The lowest BCUT2D eigenvalue weighted by atomic mass is 10.1. The molecule has 5 nitrogen and oxygen atoms in total. The standard InChI is InChI=1S/C16H21N3O2.ClH/c1-3-4-5-10-19-11-14(18-16(19)17)12-6-8-13(9-7-12)15(20)21-2;/h6-9,11H,3-5,10H2,1-2H3,(H2,17,18);1H. The molecule has 1 aromatic carbocycles. The van der Waals surface area contributed by atoms with Crippen molar-refractivity contribution in [2.45, 2.75) is 32.7 Å². The number of nitrogens with zero attached hydrogens (tertiary/aromatic N) is 2. The Balaban J connectivity index is 0.00000242. The van der Waals surface area contributed by atoms with Crippen molar-refractivity contribution in [1.29, 1.82) is 0 Å². The summed E-state index contributed by atoms with van der Waals surface area (Å²) in [6, 6.07) is 7.16. The van der Waals surface area contributed by atoms with Crippen molar-refractivity contribution in [3.8, 4) is 11.3 Å². The van der Waals surface area contributed by atoms with Crippen LogP contribution in [-0.2, 0) is 11.3 Å². The van der Waals surface area contributed by atoms with E-state index >= 15 is 0 Å². The zero-order valence-corrected chi connectivity index (χ0v) is 13.7. The van der Waals surface area contributed by atoms with Crippen LogP contribution in [-0.4, -0.2) is 22.6 Å². The van der Waals surface area contributed by atoms with Crippen LogP contribution in [0.3, 0.4) is 0 Å². The molecule has 2 N–H and O–H groups in total. The fourth-order valence-electron chi connectivity index (χ4n) is 2.18. The van der Waals surface area contributed by atoms with Crippen LogP contribution in [0, 0.1) is 0 Å². The van der Waals surface area contributed by atoms with Gasteiger partial charge in [0.05, 0.1) is 18.4 Å². The Labute approximate surface area is 136 Å². The number of imidazole rings is 1. The van der Waals surface area contributed by atoms with Crippen molar-refractivity contribution in [3.63, 3.8) is 0 Å². The molecule has 2 aromatic rings. The summed E-state index contributed by atoms with van der Waals surface area (Å²) in [6.07, 6.45) is 5.41. The number of halogens is 1. The molecule has 2 rings (SSSR count). The van der Waals surface area contributed by atoms with Crippen LogP contribution >= 0.6 is 12.4 Å². The van der Waals surface area contributed by atoms with Gasteiger partial charge in [-0.3, -0.25) is 0 Å². The highest BCUT2D eigenvalue weighted by Crippen LogP contribution is 2.21. The zero-order valence-electron chi connectivity index (χ0n) is 12.9. The molecule has 22 heavy (non-hydrogen) atoms. The number of unbranched alkanes of at least 4 members (excludes halogenated alkanes) is 2. The second-order valence-corrected chi connectivity index (χ2v) is 4.95. The molecule has 1 aromatic heterocycles. The molecule has 0 aliphatic heterocycles. The van der Waals surface area contributed by atoms with E-state index in [1.165, 1.54) is 20.0 Å². The summed E-state index contributed by atoms with van der Waals surface area (Å²) in [5.41, 5.74) is 8.22. The maximum Gasteiger partial charge on any atom is 0.337 e. The zero-order chi connectivity index (χ0) is 15.2. The Bertz CT molecular complexity index is 608. The van der Waals surface area contributed by atoms with Crippen molar-refractivity contribution >= 4 is 24.3 Å². The number of carbonyl (C=O) groups excluding carboxylic acids is 1. The third-order valence-corrected chi connectivity index (χ3v) is 3.41. The Morgan fingerprint density at radius 2 is 1.95 bits per heavy atom. The number of aryl methyl sites for hydroxylation is 1. The molecule has 1 heterocycles. The average Bonchev–Trinajstić information content (AvgIpc) is 2.88. The SMILES string of the molecule is CCCCCn1cc(-c2ccc(C(=O)OC)cc2)nc1N.Cl. The second kappa shape index (κ2) is 8.44. The van der Waals surface area contributed by atoms with Crippen LogP contribution in [0.4, 0.5) is 5.95 Å². The Morgan fingerprint density at radius 1 is 1.27 bits per heavy atom. The summed E-state index contributed by atoms with van der Waals surface area (Å²) in [4.78, 5) is 15.8. The van der Waals surface area contributed by atoms with Crippen molar-refractivity contribution < 1.29 is 9.53 Å². The van der Waals surface area contributed by atoms with E-state index in [0.29, 0.717) is 11.5 Å². The fourth-order valence-corrected chi connectivity index (χ4v) is 2.18. The molecule has 0 saturated heterocycles. The largest absolute Gasteiger partial charge is 0.465 e. The fraction of sp³-hybridized carbons (Fsp3) is 0.375. The van der Waals surface area contributed by atoms with E-state index in [0.717, 1.165) is 24.2 Å². The van der Waals surface area contributed by atoms with Crippen LogP contribution < -0.4 is 5.73 Å². The molecule has 0 unspecified atom stereocenters. The molecule has 0 atom stereocenters. The first kappa shape index (κ1) is 18.0. The van der Waals surface area contributed by atoms with Gasteiger partial charge in [-0.25, -0.2) is 9.78 Å². The lowest BCUT2D eigenvalue weighted by Crippen LogP contribution is -2.02. The van der Waals surface area contributed by atoms with Gasteiger partial charge in [0, 0.05) is 18.3 Å².